The summed E-state index contributed by atoms with van der Waals surface area (Å²) in [4.78, 5) is 24.2. The monoisotopic (exact) mass is 263 g/mol. The zero-order valence-electron chi connectivity index (χ0n) is 10.9. The summed E-state index contributed by atoms with van der Waals surface area (Å²) in [5.74, 6) is 0. The lowest BCUT2D eigenvalue weighted by Gasteiger charge is -2.26. The molecule has 102 valence electrons. The minimum Gasteiger partial charge on any atom is -0.325 e. The van der Waals surface area contributed by atoms with Crippen molar-refractivity contribution in [2.45, 2.75) is 26.2 Å². The molecule has 1 saturated heterocycles. The van der Waals surface area contributed by atoms with E-state index in [0.29, 0.717) is 13.1 Å². The van der Waals surface area contributed by atoms with Crippen LogP contribution in [0.5, 0.6) is 0 Å². The second-order valence-electron chi connectivity index (χ2n) is 4.76. The van der Waals surface area contributed by atoms with Crippen LogP contribution in [0.2, 0.25) is 0 Å². The number of carbonyl (C=O) groups is 1. The van der Waals surface area contributed by atoms with E-state index in [0.717, 1.165) is 24.8 Å². The Morgan fingerprint density at radius 2 is 2.00 bits per heavy atom. The van der Waals surface area contributed by atoms with Gasteiger partial charge >= 0.3 is 6.03 Å². The van der Waals surface area contributed by atoms with Gasteiger partial charge in [0.2, 0.25) is 0 Å². The van der Waals surface area contributed by atoms with E-state index in [4.69, 9.17) is 0 Å². The molecule has 1 aliphatic rings. The van der Waals surface area contributed by atoms with Gasteiger partial charge in [-0.05, 0) is 37.8 Å². The van der Waals surface area contributed by atoms with E-state index in [-0.39, 0.29) is 17.4 Å². The highest BCUT2D eigenvalue weighted by Gasteiger charge is 2.20. The number of urea groups is 1. The number of likely N-dealkylation sites (tertiary alicyclic amines) is 1. The number of benzene rings is 1. The van der Waals surface area contributed by atoms with E-state index < -0.39 is 4.92 Å². The van der Waals surface area contributed by atoms with Gasteiger partial charge in [0.25, 0.3) is 5.69 Å². The molecule has 0 bridgehead atoms. The highest BCUT2D eigenvalue weighted by Crippen LogP contribution is 2.25. The number of nitro benzene ring substituents is 1. The molecule has 0 atom stereocenters. The van der Waals surface area contributed by atoms with Crippen LogP contribution in [-0.2, 0) is 0 Å². The second-order valence-corrected chi connectivity index (χ2v) is 4.76. The summed E-state index contributed by atoms with van der Waals surface area (Å²) in [6.07, 6.45) is 3.11. The summed E-state index contributed by atoms with van der Waals surface area (Å²) in [6, 6.07) is 4.45. The normalized spacial score (nSPS) is 15.1. The molecule has 0 saturated carbocycles. The number of hydrogen-bond acceptors (Lipinski definition) is 3. The number of hydrogen-bond donors (Lipinski definition) is 1. The number of nitro groups is 1. The molecule has 2 rings (SSSR count). The average Bonchev–Trinajstić information content (AvgIpc) is 2.39. The predicted molar refractivity (Wildman–Crippen MR) is 72.3 cm³/mol. The molecular formula is C13H17N3O3. The molecule has 19 heavy (non-hydrogen) atoms. The Balaban J connectivity index is 2.15. The van der Waals surface area contributed by atoms with Crippen molar-refractivity contribution in [1.82, 2.24) is 4.90 Å². The molecule has 6 heteroatoms. The quantitative estimate of drug-likeness (QED) is 0.658. The first-order chi connectivity index (χ1) is 9.08. The van der Waals surface area contributed by atoms with E-state index in [9.17, 15) is 14.9 Å². The molecule has 1 N–H and O–H groups in total. The number of piperidine rings is 1. The van der Waals surface area contributed by atoms with Crippen molar-refractivity contribution in [3.63, 3.8) is 0 Å². The summed E-state index contributed by atoms with van der Waals surface area (Å²) in [5.41, 5.74) is 1.07. The Morgan fingerprint density at radius 1 is 1.32 bits per heavy atom. The van der Waals surface area contributed by atoms with Crippen molar-refractivity contribution in [3.8, 4) is 0 Å². The molecule has 1 aliphatic heterocycles. The van der Waals surface area contributed by atoms with Gasteiger partial charge in [0.1, 0.15) is 5.69 Å². The summed E-state index contributed by atoms with van der Waals surface area (Å²) >= 11 is 0. The van der Waals surface area contributed by atoms with Gasteiger partial charge in [-0.1, -0.05) is 6.07 Å². The number of nitrogens with one attached hydrogen (secondary N) is 1. The van der Waals surface area contributed by atoms with E-state index in [2.05, 4.69) is 5.32 Å². The van der Waals surface area contributed by atoms with Crippen LogP contribution in [0.3, 0.4) is 0 Å². The topological polar surface area (TPSA) is 75.5 Å². The minimum absolute atomic E-state index is 0.0732. The van der Waals surface area contributed by atoms with Crippen molar-refractivity contribution in [1.29, 1.82) is 0 Å². The first-order valence-corrected chi connectivity index (χ1v) is 6.39. The SMILES string of the molecule is Cc1ccc([N+](=O)[O-])c(NC(=O)N2CCCCC2)c1. The van der Waals surface area contributed by atoms with Gasteiger partial charge < -0.3 is 10.2 Å². The van der Waals surface area contributed by atoms with Crippen molar-refractivity contribution >= 4 is 17.4 Å². The molecule has 0 aliphatic carbocycles. The molecule has 0 radical (unpaired) electrons. The largest absolute Gasteiger partial charge is 0.325 e. The van der Waals surface area contributed by atoms with Crippen LogP contribution in [-0.4, -0.2) is 28.9 Å². The van der Waals surface area contributed by atoms with Gasteiger partial charge in [0, 0.05) is 19.2 Å². The van der Waals surface area contributed by atoms with Gasteiger partial charge in [-0.2, -0.15) is 0 Å². The number of rotatable bonds is 2. The maximum atomic E-state index is 12.0. The standard InChI is InChI=1S/C13H17N3O3/c1-10-5-6-12(16(18)19)11(9-10)14-13(17)15-7-3-2-4-8-15/h5-6,9H,2-4,7-8H2,1H3,(H,14,17). The lowest BCUT2D eigenvalue weighted by molar-refractivity contribution is -0.383. The van der Waals surface area contributed by atoms with E-state index >= 15 is 0 Å². The number of carbonyl (C=O) groups excluding carboxylic acids is 1. The molecule has 0 spiro atoms. The minimum atomic E-state index is -0.481. The number of nitrogens with zero attached hydrogens (tertiary/aromatic N) is 2. The van der Waals surface area contributed by atoms with Crippen LogP contribution in [0.4, 0.5) is 16.2 Å². The lowest BCUT2D eigenvalue weighted by Crippen LogP contribution is -2.38. The van der Waals surface area contributed by atoms with Crippen LogP contribution in [0.25, 0.3) is 0 Å². The molecule has 2 amide bonds. The van der Waals surface area contributed by atoms with Gasteiger partial charge in [0.15, 0.2) is 0 Å². The second kappa shape index (κ2) is 5.69. The Kier molecular flexibility index (Phi) is 3.99. The van der Waals surface area contributed by atoms with Gasteiger partial charge in [0.05, 0.1) is 4.92 Å². The fourth-order valence-corrected chi connectivity index (χ4v) is 2.20. The first kappa shape index (κ1) is 13.3. The predicted octanol–water partition coefficient (Wildman–Crippen LogP) is 2.92. The number of anilines is 1. The van der Waals surface area contributed by atoms with E-state index in [1.807, 2.05) is 6.92 Å². The third-order valence-corrected chi connectivity index (χ3v) is 3.23. The Morgan fingerprint density at radius 3 is 2.63 bits per heavy atom. The summed E-state index contributed by atoms with van der Waals surface area (Å²) < 4.78 is 0. The molecule has 1 aromatic rings. The summed E-state index contributed by atoms with van der Waals surface area (Å²) in [6.45, 7) is 3.26. The van der Waals surface area contributed by atoms with Crippen LogP contribution < -0.4 is 5.32 Å². The van der Waals surface area contributed by atoms with E-state index in [1.165, 1.54) is 6.07 Å². The Bertz CT molecular complexity index is 496. The van der Waals surface area contributed by atoms with Crippen molar-refractivity contribution in [2.75, 3.05) is 18.4 Å². The maximum absolute atomic E-state index is 12.0. The highest BCUT2D eigenvalue weighted by molar-refractivity contribution is 5.92. The molecular weight excluding hydrogens is 246 g/mol. The molecule has 1 aromatic carbocycles. The Hall–Kier alpha value is -2.11. The van der Waals surface area contributed by atoms with Gasteiger partial charge in [-0.3, -0.25) is 10.1 Å². The first-order valence-electron chi connectivity index (χ1n) is 6.39. The van der Waals surface area contributed by atoms with Crippen LogP contribution in [0, 0.1) is 17.0 Å². The Labute approximate surface area is 111 Å². The van der Waals surface area contributed by atoms with Crippen molar-refractivity contribution in [2.24, 2.45) is 0 Å². The maximum Gasteiger partial charge on any atom is 0.322 e. The highest BCUT2D eigenvalue weighted by atomic mass is 16.6. The van der Waals surface area contributed by atoms with Gasteiger partial charge in [-0.25, -0.2) is 4.79 Å². The van der Waals surface area contributed by atoms with Crippen LogP contribution in [0.15, 0.2) is 18.2 Å². The smallest absolute Gasteiger partial charge is 0.322 e. The zero-order chi connectivity index (χ0) is 13.8. The average molecular weight is 263 g/mol. The third kappa shape index (κ3) is 3.21. The molecule has 1 fully saturated rings. The summed E-state index contributed by atoms with van der Waals surface area (Å²) in [7, 11) is 0. The van der Waals surface area contributed by atoms with Gasteiger partial charge in [-0.15, -0.1) is 0 Å². The lowest BCUT2D eigenvalue weighted by atomic mass is 10.1. The molecule has 0 aromatic heterocycles. The third-order valence-electron chi connectivity index (χ3n) is 3.23. The fraction of sp³-hybridized carbons (Fsp3) is 0.462. The number of amides is 2. The molecule has 1 heterocycles. The number of aryl methyl sites for hydroxylation is 1. The molecule has 0 unspecified atom stereocenters. The van der Waals surface area contributed by atoms with Crippen LogP contribution >= 0.6 is 0 Å². The van der Waals surface area contributed by atoms with Crippen molar-refractivity contribution < 1.29 is 9.72 Å². The van der Waals surface area contributed by atoms with Crippen molar-refractivity contribution in [3.05, 3.63) is 33.9 Å². The van der Waals surface area contributed by atoms with E-state index in [1.54, 1.807) is 17.0 Å². The zero-order valence-corrected chi connectivity index (χ0v) is 10.9. The molecule has 6 nitrogen and oxygen atoms in total. The van der Waals surface area contributed by atoms with Crippen LogP contribution in [0.1, 0.15) is 24.8 Å². The summed E-state index contributed by atoms with van der Waals surface area (Å²) in [5, 5.41) is 13.6. The fourth-order valence-electron chi connectivity index (χ4n) is 2.20.